The minimum atomic E-state index is 0.205. The van der Waals surface area contributed by atoms with Crippen molar-refractivity contribution in [1.29, 1.82) is 0 Å². The SMILES string of the molecule is Cn1ncc2c(Nc3cccc(O)c3)ncnc21. The number of hydrogen-bond donors (Lipinski definition) is 2. The summed E-state index contributed by atoms with van der Waals surface area (Å²) in [7, 11) is 1.83. The number of hydrogen-bond acceptors (Lipinski definition) is 5. The van der Waals surface area contributed by atoms with Crippen molar-refractivity contribution in [3.8, 4) is 5.75 Å². The van der Waals surface area contributed by atoms with E-state index in [0.29, 0.717) is 5.82 Å². The Hall–Kier alpha value is -2.63. The lowest BCUT2D eigenvalue weighted by molar-refractivity contribution is 0.475. The fourth-order valence-electron chi connectivity index (χ4n) is 1.78. The molecule has 2 heterocycles. The molecule has 1 aromatic carbocycles. The molecule has 6 nitrogen and oxygen atoms in total. The van der Waals surface area contributed by atoms with E-state index in [9.17, 15) is 5.11 Å². The van der Waals surface area contributed by atoms with Crippen molar-refractivity contribution in [3.63, 3.8) is 0 Å². The van der Waals surface area contributed by atoms with Gasteiger partial charge in [0.2, 0.25) is 0 Å². The number of nitrogens with zero attached hydrogens (tertiary/aromatic N) is 4. The molecule has 0 radical (unpaired) electrons. The maximum atomic E-state index is 9.42. The Labute approximate surface area is 103 Å². The van der Waals surface area contributed by atoms with Crippen molar-refractivity contribution in [1.82, 2.24) is 19.7 Å². The summed E-state index contributed by atoms with van der Waals surface area (Å²) in [6.07, 6.45) is 3.19. The predicted molar refractivity (Wildman–Crippen MR) is 67.7 cm³/mol. The molecule has 0 amide bonds. The highest BCUT2D eigenvalue weighted by molar-refractivity contribution is 5.88. The van der Waals surface area contributed by atoms with E-state index in [-0.39, 0.29) is 5.75 Å². The Bertz CT molecular complexity index is 707. The normalized spacial score (nSPS) is 10.7. The quantitative estimate of drug-likeness (QED) is 0.715. The fourth-order valence-corrected chi connectivity index (χ4v) is 1.78. The molecule has 0 saturated carbocycles. The lowest BCUT2D eigenvalue weighted by Crippen LogP contribution is -1.96. The van der Waals surface area contributed by atoms with Crippen LogP contribution in [0.2, 0.25) is 0 Å². The van der Waals surface area contributed by atoms with Crippen LogP contribution in [0.15, 0.2) is 36.8 Å². The van der Waals surface area contributed by atoms with Crippen LogP contribution in [0.1, 0.15) is 0 Å². The van der Waals surface area contributed by atoms with Crippen molar-refractivity contribution in [2.45, 2.75) is 0 Å². The third-order valence-electron chi connectivity index (χ3n) is 2.64. The van der Waals surface area contributed by atoms with Gasteiger partial charge in [0.15, 0.2) is 5.65 Å². The Balaban J connectivity index is 2.05. The first-order valence-corrected chi connectivity index (χ1v) is 5.43. The van der Waals surface area contributed by atoms with Crippen LogP contribution in [-0.2, 0) is 7.05 Å². The van der Waals surface area contributed by atoms with Crippen molar-refractivity contribution in [3.05, 3.63) is 36.8 Å². The van der Waals surface area contributed by atoms with Gasteiger partial charge in [0.1, 0.15) is 17.9 Å². The molecule has 0 aliphatic heterocycles. The summed E-state index contributed by atoms with van der Waals surface area (Å²) in [6, 6.07) is 6.86. The Morgan fingerprint density at radius 3 is 3.00 bits per heavy atom. The number of anilines is 2. The number of phenolic OH excluding ortho intramolecular Hbond substituents is 1. The van der Waals surface area contributed by atoms with Gasteiger partial charge in [-0.05, 0) is 12.1 Å². The van der Waals surface area contributed by atoms with E-state index < -0.39 is 0 Å². The highest BCUT2D eigenvalue weighted by Gasteiger charge is 2.07. The molecular formula is C12H11N5O. The maximum absolute atomic E-state index is 9.42. The smallest absolute Gasteiger partial charge is 0.163 e. The maximum Gasteiger partial charge on any atom is 0.163 e. The van der Waals surface area contributed by atoms with E-state index in [4.69, 9.17) is 0 Å². The summed E-state index contributed by atoms with van der Waals surface area (Å²) in [5, 5.41) is 17.5. The van der Waals surface area contributed by atoms with E-state index in [0.717, 1.165) is 16.7 Å². The van der Waals surface area contributed by atoms with Crippen molar-refractivity contribution < 1.29 is 5.11 Å². The van der Waals surface area contributed by atoms with E-state index >= 15 is 0 Å². The average Bonchev–Trinajstić information content (AvgIpc) is 2.73. The molecule has 18 heavy (non-hydrogen) atoms. The van der Waals surface area contributed by atoms with Crippen LogP contribution in [0.5, 0.6) is 5.75 Å². The summed E-state index contributed by atoms with van der Waals surface area (Å²) < 4.78 is 1.69. The van der Waals surface area contributed by atoms with Crippen LogP contribution in [0.3, 0.4) is 0 Å². The lowest BCUT2D eigenvalue weighted by atomic mass is 10.3. The second kappa shape index (κ2) is 3.99. The van der Waals surface area contributed by atoms with Gasteiger partial charge >= 0.3 is 0 Å². The molecule has 0 fully saturated rings. The zero-order chi connectivity index (χ0) is 12.5. The minimum Gasteiger partial charge on any atom is -0.508 e. The first-order valence-electron chi connectivity index (χ1n) is 5.43. The summed E-state index contributed by atoms with van der Waals surface area (Å²) in [4.78, 5) is 8.35. The zero-order valence-corrected chi connectivity index (χ0v) is 9.70. The molecule has 6 heteroatoms. The van der Waals surface area contributed by atoms with Crippen LogP contribution < -0.4 is 5.32 Å². The number of phenols is 1. The summed E-state index contributed by atoms with van der Waals surface area (Å²) in [6.45, 7) is 0. The molecule has 0 bridgehead atoms. The minimum absolute atomic E-state index is 0.205. The second-order valence-electron chi connectivity index (χ2n) is 3.90. The molecule has 3 rings (SSSR count). The number of fused-ring (bicyclic) bond motifs is 1. The standard InChI is InChI=1S/C12H11N5O/c1-17-12-10(6-15-17)11(13-7-14-12)16-8-3-2-4-9(18)5-8/h2-7,18H,1H3,(H,13,14,16). The van der Waals surface area contributed by atoms with Crippen molar-refractivity contribution >= 4 is 22.5 Å². The molecule has 0 saturated heterocycles. The van der Waals surface area contributed by atoms with Gasteiger partial charge in [-0.15, -0.1) is 0 Å². The number of nitrogens with one attached hydrogen (secondary N) is 1. The van der Waals surface area contributed by atoms with Gasteiger partial charge in [-0.1, -0.05) is 6.07 Å². The summed E-state index contributed by atoms with van der Waals surface area (Å²) >= 11 is 0. The van der Waals surface area contributed by atoms with E-state index in [1.165, 1.54) is 6.33 Å². The molecule has 0 aliphatic carbocycles. The van der Waals surface area contributed by atoms with Gasteiger partial charge < -0.3 is 10.4 Å². The number of benzene rings is 1. The van der Waals surface area contributed by atoms with Gasteiger partial charge in [-0.3, -0.25) is 4.68 Å². The number of aryl methyl sites for hydroxylation is 1. The van der Waals surface area contributed by atoms with Crippen LogP contribution in [0, 0.1) is 0 Å². The van der Waals surface area contributed by atoms with Crippen LogP contribution in [0.25, 0.3) is 11.0 Å². The van der Waals surface area contributed by atoms with Gasteiger partial charge in [0.05, 0.1) is 11.6 Å². The van der Waals surface area contributed by atoms with E-state index in [2.05, 4.69) is 20.4 Å². The van der Waals surface area contributed by atoms with Gasteiger partial charge in [-0.25, -0.2) is 9.97 Å². The molecular weight excluding hydrogens is 230 g/mol. The molecule has 2 N–H and O–H groups in total. The lowest BCUT2D eigenvalue weighted by Gasteiger charge is -2.06. The first kappa shape index (κ1) is 10.5. The highest BCUT2D eigenvalue weighted by Crippen LogP contribution is 2.23. The Morgan fingerprint density at radius 2 is 2.17 bits per heavy atom. The van der Waals surface area contributed by atoms with Crippen LogP contribution >= 0.6 is 0 Å². The largest absolute Gasteiger partial charge is 0.508 e. The molecule has 0 aliphatic rings. The number of aromatic hydroxyl groups is 1. The monoisotopic (exact) mass is 241 g/mol. The third-order valence-corrected chi connectivity index (χ3v) is 2.64. The molecule has 2 aromatic heterocycles. The van der Waals surface area contributed by atoms with Gasteiger partial charge in [0.25, 0.3) is 0 Å². The zero-order valence-electron chi connectivity index (χ0n) is 9.70. The Morgan fingerprint density at radius 1 is 1.28 bits per heavy atom. The van der Waals surface area contributed by atoms with Crippen molar-refractivity contribution in [2.75, 3.05) is 5.32 Å². The highest BCUT2D eigenvalue weighted by atomic mass is 16.3. The Kier molecular flexibility index (Phi) is 2.33. The molecule has 0 spiro atoms. The third kappa shape index (κ3) is 1.73. The van der Waals surface area contributed by atoms with Gasteiger partial charge in [0, 0.05) is 18.8 Å². The van der Waals surface area contributed by atoms with Crippen LogP contribution in [0.4, 0.5) is 11.5 Å². The summed E-state index contributed by atoms with van der Waals surface area (Å²) in [5.41, 5.74) is 1.52. The fraction of sp³-hybridized carbons (Fsp3) is 0.0833. The van der Waals surface area contributed by atoms with Crippen molar-refractivity contribution in [2.24, 2.45) is 7.05 Å². The average molecular weight is 241 g/mol. The molecule has 0 unspecified atom stereocenters. The predicted octanol–water partition coefficient (Wildman–Crippen LogP) is 1.81. The molecule has 0 atom stereocenters. The number of rotatable bonds is 2. The first-order chi connectivity index (χ1) is 8.74. The van der Waals surface area contributed by atoms with E-state index in [1.54, 1.807) is 29.1 Å². The van der Waals surface area contributed by atoms with Gasteiger partial charge in [-0.2, -0.15) is 5.10 Å². The van der Waals surface area contributed by atoms with Crippen LogP contribution in [-0.4, -0.2) is 24.9 Å². The molecule has 90 valence electrons. The topological polar surface area (TPSA) is 75.9 Å². The second-order valence-corrected chi connectivity index (χ2v) is 3.90. The molecule has 3 aromatic rings. The number of aromatic nitrogens is 4. The van der Waals surface area contributed by atoms with E-state index in [1.807, 2.05) is 13.1 Å². The summed E-state index contributed by atoms with van der Waals surface area (Å²) in [5.74, 6) is 0.871.